The number of hydrogen-bond donors (Lipinski definition) is 1. The van der Waals surface area contributed by atoms with Gasteiger partial charge in [-0.1, -0.05) is 12.1 Å². The van der Waals surface area contributed by atoms with Gasteiger partial charge >= 0.3 is 5.97 Å². The molecule has 140 valence electrons. The number of rotatable bonds is 5. The first-order valence-corrected chi connectivity index (χ1v) is 8.83. The number of ether oxygens (including phenoxy) is 1. The molecule has 1 amide bonds. The van der Waals surface area contributed by atoms with Gasteiger partial charge in [0.15, 0.2) is 6.61 Å². The van der Waals surface area contributed by atoms with Crippen molar-refractivity contribution in [3.8, 4) is 0 Å². The Kier molecular flexibility index (Phi) is 5.31. The molecule has 2 aromatic carbocycles. The van der Waals surface area contributed by atoms with Crippen LogP contribution in [0.15, 0.2) is 41.0 Å². The van der Waals surface area contributed by atoms with Gasteiger partial charge in [0.25, 0.3) is 5.91 Å². The molecule has 3 aromatic rings. The zero-order chi connectivity index (χ0) is 19.6. The first-order chi connectivity index (χ1) is 12.8. The van der Waals surface area contributed by atoms with Crippen LogP contribution in [0.4, 0.5) is 5.69 Å². The molecule has 0 spiro atoms. The van der Waals surface area contributed by atoms with E-state index in [0.29, 0.717) is 0 Å². The van der Waals surface area contributed by atoms with E-state index in [0.717, 1.165) is 44.5 Å². The topological polar surface area (TPSA) is 68.5 Å². The third kappa shape index (κ3) is 4.37. The molecule has 0 radical (unpaired) electrons. The number of anilines is 1. The molecule has 5 heteroatoms. The van der Waals surface area contributed by atoms with E-state index in [2.05, 4.69) is 5.32 Å². The van der Waals surface area contributed by atoms with Crippen molar-refractivity contribution in [2.24, 2.45) is 0 Å². The molecular formula is C22H23NO4. The molecule has 0 aliphatic rings. The van der Waals surface area contributed by atoms with Crippen molar-refractivity contribution < 1.29 is 18.7 Å². The lowest BCUT2D eigenvalue weighted by atomic mass is 10.0. The minimum Gasteiger partial charge on any atom is -0.464 e. The Hall–Kier alpha value is -3.08. The van der Waals surface area contributed by atoms with Gasteiger partial charge in [0.2, 0.25) is 0 Å². The molecular weight excluding hydrogens is 342 g/mol. The van der Waals surface area contributed by atoms with Crippen molar-refractivity contribution in [2.45, 2.75) is 34.1 Å². The van der Waals surface area contributed by atoms with E-state index in [4.69, 9.17) is 9.15 Å². The highest BCUT2D eigenvalue weighted by atomic mass is 16.5. The maximum Gasteiger partial charge on any atom is 0.310 e. The third-order valence-electron chi connectivity index (χ3n) is 4.64. The average Bonchev–Trinajstić information content (AvgIpc) is 2.98. The minimum atomic E-state index is -0.466. The second-order valence-corrected chi connectivity index (χ2v) is 6.90. The fourth-order valence-corrected chi connectivity index (χ4v) is 2.88. The predicted octanol–water partition coefficient (Wildman–Crippen LogP) is 4.39. The summed E-state index contributed by atoms with van der Waals surface area (Å²) >= 11 is 0. The lowest BCUT2D eigenvalue weighted by Gasteiger charge is -2.09. The first-order valence-electron chi connectivity index (χ1n) is 8.83. The Bertz CT molecular complexity index is 1020. The van der Waals surface area contributed by atoms with Gasteiger partial charge in [-0.3, -0.25) is 9.59 Å². The Labute approximate surface area is 158 Å². The summed E-state index contributed by atoms with van der Waals surface area (Å²) in [6.07, 6.45) is 1.63. The number of hydrogen-bond acceptors (Lipinski definition) is 4. The number of esters is 1. The fraction of sp³-hybridized carbons (Fsp3) is 0.273. The number of nitrogens with one attached hydrogen (secondary N) is 1. The molecule has 0 unspecified atom stereocenters. The number of carbonyl (C=O) groups excluding carboxylic acids is 2. The smallest absolute Gasteiger partial charge is 0.310 e. The van der Waals surface area contributed by atoms with E-state index >= 15 is 0 Å². The molecule has 27 heavy (non-hydrogen) atoms. The van der Waals surface area contributed by atoms with Gasteiger partial charge in [-0.05, 0) is 68.1 Å². The normalized spacial score (nSPS) is 10.8. The van der Waals surface area contributed by atoms with E-state index in [1.54, 1.807) is 6.26 Å². The van der Waals surface area contributed by atoms with Crippen molar-refractivity contribution in [1.82, 2.24) is 0 Å². The highest BCUT2D eigenvalue weighted by Crippen LogP contribution is 2.25. The summed E-state index contributed by atoms with van der Waals surface area (Å²) in [7, 11) is 0. The highest BCUT2D eigenvalue weighted by Gasteiger charge is 2.14. The number of fused-ring (bicyclic) bond motifs is 1. The molecule has 0 atom stereocenters. The summed E-state index contributed by atoms with van der Waals surface area (Å²) in [5, 5.41) is 3.67. The standard InChI is InChI=1S/C22H23NO4/c1-13-5-6-14(2)19(7-13)23-21(24)12-27-22(25)10-17-11-26-20-9-16(4)15(3)8-18(17)20/h5-9,11H,10,12H2,1-4H3,(H,23,24). The lowest BCUT2D eigenvalue weighted by molar-refractivity contribution is -0.146. The van der Waals surface area contributed by atoms with E-state index in [-0.39, 0.29) is 18.9 Å². The Morgan fingerprint density at radius 1 is 1.00 bits per heavy atom. The van der Waals surface area contributed by atoms with E-state index in [1.807, 2.05) is 58.0 Å². The van der Waals surface area contributed by atoms with Crippen molar-refractivity contribution in [2.75, 3.05) is 11.9 Å². The zero-order valence-electron chi connectivity index (χ0n) is 16.0. The highest BCUT2D eigenvalue weighted by molar-refractivity contribution is 5.94. The quantitative estimate of drug-likeness (QED) is 0.681. The molecule has 0 saturated carbocycles. The van der Waals surface area contributed by atoms with Crippen molar-refractivity contribution >= 4 is 28.5 Å². The SMILES string of the molecule is Cc1ccc(C)c(NC(=O)COC(=O)Cc2coc3cc(C)c(C)cc23)c1. The maximum absolute atomic E-state index is 12.1. The minimum absolute atomic E-state index is 0.0618. The zero-order valence-corrected chi connectivity index (χ0v) is 16.0. The van der Waals surface area contributed by atoms with Crippen LogP contribution in [-0.2, 0) is 20.7 Å². The summed E-state index contributed by atoms with van der Waals surface area (Å²) < 4.78 is 10.7. The molecule has 0 aliphatic heterocycles. The van der Waals surface area contributed by atoms with E-state index in [9.17, 15) is 9.59 Å². The average molecular weight is 365 g/mol. The van der Waals surface area contributed by atoms with E-state index in [1.165, 1.54) is 0 Å². The summed E-state index contributed by atoms with van der Waals surface area (Å²) in [4.78, 5) is 24.2. The van der Waals surface area contributed by atoms with Gasteiger partial charge in [-0.25, -0.2) is 0 Å². The van der Waals surface area contributed by atoms with Crippen molar-refractivity contribution in [1.29, 1.82) is 0 Å². The van der Waals surface area contributed by atoms with Gasteiger partial charge in [0, 0.05) is 16.6 Å². The molecule has 1 N–H and O–H groups in total. The van der Waals surface area contributed by atoms with Gasteiger partial charge in [-0.2, -0.15) is 0 Å². The number of amides is 1. The molecule has 5 nitrogen and oxygen atoms in total. The molecule has 0 bridgehead atoms. The van der Waals surface area contributed by atoms with Crippen LogP contribution >= 0.6 is 0 Å². The second-order valence-electron chi connectivity index (χ2n) is 6.90. The second kappa shape index (κ2) is 7.66. The van der Waals surface area contributed by atoms with E-state index < -0.39 is 5.97 Å². The monoisotopic (exact) mass is 365 g/mol. The summed E-state index contributed by atoms with van der Waals surface area (Å²) in [6, 6.07) is 9.76. The number of aryl methyl sites for hydroxylation is 4. The summed E-state index contributed by atoms with van der Waals surface area (Å²) in [6.45, 7) is 7.57. The van der Waals surface area contributed by atoms with Gasteiger partial charge in [-0.15, -0.1) is 0 Å². The molecule has 1 aromatic heterocycles. The van der Waals surface area contributed by atoms with Crippen LogP contribution < -0.4 is 5.32 Å². The summed E-state index contributed by atoms with van der Waals surface area (Å²) in [5.74, 6) is -0.826. The summed E-state index contributed by atoms with van der Waals surface area (Å²) in [5.41, 5.74) is 6.49. The number of furan rings is 1. The maximum atomic E-state index is 12.1. The van der Waals surface area contributed by atoms with Crippen LogP contribution in [0.2, 0.25) is 0 Å². The number of benzene rings is 2. The molecule has 0 aliphatic carbocycles. The molecule has 0 fully saturated rings. The first kappa shape index (κ1) is 18.7. The third-order valence-corrected chi connectivity index (χ3v) is 4.64. The van der Waals surface area contributed by atoms with Crippen LogP contribution in [0.5, 0.6) is 0 Å². The van der Waals surface area contributed by atoms with Crippen LogP contribution in [0, 0.1) is 27.7 Å². The van der Waals surface area contributed by atoms with Crippen LogP contribution in [0.1, 0.15) is 27.8 Å². The Morgan fingerprint density at radius 3 is 2.52 bits per heavy atom. The Balaban J connectivity index is 1.59. The van der Waals surface area contributed by atoms with Crippen LogP contribution in [-0.4, -0.2) is 18.5 Å². The van der Waals surface area contributed by atoms with Crippen molar-refractivity contribution in [3.63, 3.8) is 0 Å². The van der Waals surface area contributed by atoms with Crippen LogP contribution in [0.25, 0.3) is 11.0 Å². The van der Waals surface area contributed by atoms with Gasteiger partial charge < -0.3 is 14.5 Å². The number of carbonyl (C=O) groups is 2. The Morgan fingerprint density at radius 2 is 1.74 bits per heavy atom. The lowest BCUT2D eigenvalue weighted by Crippen LogP contribution is -2.22. The van der Waals surface area contributed by atoms with Crippen molar-refractivity contribution in [3.05, 3.63) is 64.4 Å². The molecule has 3 rings (SSSR count). The molecule has 1 heterocycles. The van der Waals surface area contributed by atoms with Gasteiger partial charge in [0.05, 0.1) is 12.7 Å². The van der Waals surface area contributed by atoms with Gasteiger partial charge in [0.1, 0.15) is 5.58 Å². The van der Waals surface area contributed by atoms with Crippen LogP contribution in [0.3, 0.4) is 0 Å². The molecule has 0 saturated heterocycles. The fourth-order valence-electron chi connectivity index (χ4n) is 2.88. The predicted molar refractivity (Wildman–Crippen MR) is 105 cm³/mol. The largest absolute Gasteiger partial charge is 0.464 e.